The van der Waals surface area contributed by atoms with Crippen LogP contribution < -0.4 is 0 Å². The van der Waals surface area contributed by atoms with Crippen molar-refractivity contribution in [3.05, 3.63) is 40.9 Å². The van der Waals surface area contributed by atoms with Crippen LogP contribution in [0.2, 0.25) is 0 Å². The van der Waals surface area contributed by atoms with E-state index in [1.54, 1.807) is 0 Å². The molecule has 1 aromatic heterocycles. The van der Waals surface area contributed by atoms with E-state index in [1.807, 2.05) is 5.38 Å². The second kappa shape index (κ2) is 10.6. The summed E-state index contributed by atoms with van der Waals surface area (Å²) in [6, 6.07) is 8.40. The summed E-state index contributed by atoms with van der Waals surface area (Å²) in [5.41, 5.74) is 3.02. The maximum atomic E-state index is 12.3. The number of aliphatic hydroxyl groups excluding tert-OH is 2. The molecule has 1 fully saturated rings. The fourth-order valence-electron chi connectivity index (χ4n) is 3.16. The third-order valence-electron chi connectivity index (χ3n) is 4.69. The average Bonchev–Trinajstić information content (AvgIpc) is 3.17. The fraction of sp³-hybridized carbons (Fsp3) is 0.500. The number of carbonyl (C=O) groups excluding carboxylic acids is 1. The van der Waals surface area contributed by atoms with Gasteiger partial charge in [0.15, 0.2) is 0 Å². The van der Waals surface area contributed by atoms with Gasteiger partial charge in [0.2, 0.25) is 5.91 Å². The molecule has 3 rings (SSSR count). The molecule has 0 radical (unpaired) electrons. The highest BCUT2D eigenvalue weighted by Gasteiger charge is 2.16. The Morgan fingerprint density at radius 3 is 2.46 bits per heavy atom. The van der Waals surface area contributed by atoms with E-state index in [2.05, 4.69) is 34.1 Å². The maximum Gasteiger partial charge on any atom is 0.228 e. The van der Waals surface area contributed by atoms with Crippen molar-refractivity contribution in [1.82, 2.24) is 14.8 Å². The Bertz CT molecular complexity index is 738. The number of ether oxygens (including phenoxy) is 1. The summed E-state index contributed by atoms with van der Waals surface area (Å²) >= 11 is 1.52. The van der Waals surface area contributed by atoms with Crippen LogP contribution in [-0.4, -0.2) is 83.5 Å². The number of rotatable bonds is 9. The van der Waals surface area contributed by atoms with E-state index >= 15 is 0 Å². The van der Waals surface area contributed by atoms with Crippen LogP contribution in [0.15, 0.2) is 29.6 Å². The molecule has 1 amide bonds. The molecule has 0 spiro atoms. The molecule has 8 heteroatoms. The van der Waals surface area contributed by atoms with Gasteiger partial charge in [-0.1, -0.05) is 24.3 Å². The maximum absolute atomic E-state index is 12.3. The number of aromatic nitrogens is 1. The zero-order valence-corrected chi connectivity index (χ0v) is 16.7. The van der Waals surface area contributed by atoms with Gasteiger partial charge in [-0.05, 0) is 5.56 Å². The molecule has 2 aromatic rings. The van der Waals surface area contributed by atoms with Crippen LogP contribution in [0.4, 0.5) is 0 Å². The molecule has 0 aliphatic carbocycles. The number of morpholine rings is 1. The van der Waals surface area contributed by atoms with Crippen molar-refractivity contribution >= 4 is 17.2 Å². The minimum absolute atomic E-state index is 0.120. The number of nitrogens with zero attached hydrogens (tertiary/aromatic N) is 3. The minimum Gasteiger partial charge on any atom is -0.395 e. The fourth-order valence-corrected chi connectivity index (χ4v) is 3.99. The summed E-state index contributed by atoms with van der Waals surface area (Å²) in [5.74, 6) is -0.138. The van der Waals surface area contributed by atoms with E-state index in [-0.39, 0.29) is 38.6 Å². The lowest BCUT2D eigenvalue weighted by molar-refractivity contribution is -0.131. The zero-order chi connectivity index (χ0) is 19.8. The Hall–Kier alpha value is -1.84. The molecule has 0 bridgehead atoms. The monoisotopic (exact) mass is 405 g/mol. The third-order valence-corrected chi connectivity index (χ3v) is 5.63. The van der Waals surface area contributed by atoms with Crippen molar-refractivity contribution in [2.24, 2.45) is 0 Å². The van der Waals surface area contributed by atoms with Gasteiger partial charge in [-0.15, -0.1) is 11.3 Å². The van der Waals surface area contributed by atoms with Gasteiger partial charge in [0, 0.05) is 43.7 Å². The van der Waals surface area contributed by atoms with Gasteiger partial charge in [-0.3, -0.25) is 9.69 Å². The molecule has 1 aliphatic rings. The summed E-state index contributed by atoms with van der Waals surface area (Å²) < 4.78 is 5.39. The number of amides is 1. The predicted molar refractivity (Wildman–Crippen MR) is 108 cm³/mol. The topological polar surface area (TPSA) is 86.1 Å². The smallest absolute Gasteiger partial charge is 0.228 e. The standard InChI is InChI=1S/C20H27N3O4S/c24-9-5-23(6-10-25)19(26)13-18-15-28-20(21-18)17-3-1-16(2-4-17)14-22-7-11-27-12-8-22/h1-4,15,24-25H,5-14H2. The molecule has 0 atom stereocenters. The number of benzene rings is 1. The Kier molecular flexibility index (Phi) is 7.93. The highest BCUT2D eigenvalue weighted by Crippen LogP contribution is 2.25. The van der Waals surface area contributed by atoms with Crippen LogP contribution in [0.3, 0.4) is 0 Å². The van der Waals surface area contributed by atoms with Gasteiger partial charge in [0.1, 0.15) is 5.01 Å². The molecule has 152 valence electrons. The average molecular weight is 406 g/mol. The molecule has 0 saturated carbocycles. The number of hydrogen-bond donors (Lipinski definition) is 2. The largest absolute Gasteiger partial charge is 0.395 e. The Morgan fingerprint density at radius 2 is 1.82 bits per heavy atom. The quantitative estimate of drug-likeness (QED) is 0.647. The lowest BCUT2D eigenvalue weighted by Gasteiger charge is -2.26. The first-order valence-electron chi connectivity index (χ1n) is 9.53. The molecular weight excluding hydrogens is 378 g/mol. The molecule has 1 saturated heterocycles. The molecule has 7 nitrogen and oxygen atoms in total. The van der Waals surface area contributed by atoms with E-state index in [0.717, 1.165) is 43.4 Å². The Morgan fingerprint density at radius 1 is 1.14 bits per heavy atom. The van der Waals surface area contributed by atoms with Gasteiger partial charge < -0.3 is 19.8 Å². The van der Waals surface area contributed by atoms with E-state index in [0.29, 0.717) is 5.69 Å². The van der Waals surface area contributed by atoms with Crippen molar-refractivity contribution in [3.63, 3.8) is 0 Å². The first kappa shape index (κ1) is 20.9. The SMILES string of the molecule is O=C(Cc1csc(-c2ccc(CN3CCOCC3)cc2)n1)N(CCO)CCO. The van der Waals surface area contributed by atoms with E-state index < -0.39 is 0 Å². The van der Waals surface area contributed by atoms with Crippen LogP contribution in [0.25, 0.3) is 10.6 Å². The van der Waals surface area contributed by atoms with E-state index in [1.165, 1.54) is 21.8 Å². The first-order valence-corrected chi connectivity index (χ1v) is 10.4. The van der Waals surface area contributed by atoms with Crippen LogP contribution >= 0.6 is 11.3 Å². The van der Waals surface area contributed by atoms with Crippen molar-refractivity contribution < 1.29 is 19.7 Å². The summed E-state index contributed by atoms with van der Waals surface area (Å²) in [7, 11) is 0. The van der Waals surface area contributed by atoms with Gasteiger partial charge in [0.05, 0.1) is 38.5 Å². The molecule has 2 N–H and O–H groups in total. The minimum atomic E-state index is -0.138. The molecular formula is C20H27N3O4S. The van der Waals surface area contributed by atoms with E-state index in [4.69, 9.17) is 14.9 Å². The number of carbonyl (C=O) groups is 1. The molecule has 0 unspecified atom stereocenters. The van der Waals surface area contributed by atoms with Crippen molar-refractivity contribution in [2.75, 3.05) is 52.6 Å². The van der Waals surface area contributed by atoms with Gasteiger partial charge in [-0.2, -0.15) is 0 Å². The highest BCUT2D eigenvalue weighted by atomic mass is 32.1. The number of aliphatic hydroxyl groups is 2. The number of hydrogen-bond acceptors (Lipinski definition) is 7. The second-order valence-corrected chi connectivity index (χ2v) is 7.59. The normalized spacial score (nSPS) is 14.9. The molecule has 1 aliphatic heterocycles. The van der Waals surface area contributed by atoms with Crippen LogP contribution in [-0.2, 0) is 22.5 Å². The van der Waals surface area contributed by atoms with Gasteiger partial charge in [0.25, 0.3) is 0 Å². The highest BCUT2D eigenvalue weighted by molar-refractivity contribution is 7.13. The lowest BCUT2D eigenvalue weighted by Crippen LogP contribution is -2.36. The van der Waals surface area contributed by atoms with Gasteiger partial charge in [-0.25, -0.2) is 4.98 Å². The predicted octanol–water partition coefficient (Wildman–Crippen LogP) is 0.998. The molecule has 28 heavy (non-hydrogen) atoms. The Labute approximate surface area is 169 Å². The third kappa shape index (κ3) is 5.83. The van der Waals surface area contributed by atoms with Crippen LogP contribution in [0.5, 0.6) is 0 Å². The van der Waals surface area contributed by atoms with Gasteiger partial charge >= 0.3 is 0 Å². The summed E-state index contributed by atoms with van der Waals surface area (Å²) in [6.07, 6.45) is 0.172. The van der Waals surface area contributed by atoms with Crippen molar-refractivity contribution in [1.29, 1.82) is 0 Å². The summed E-state index contributed by atoms with van der Waals surface area (Å²) in [6.45, 7) is 4.66. The lowest BCUT2D eigenvalue weighted by atomic mass is 10.1. The van der Waals surface area contributed by atoms with Crippen LogP contribution in [0.1, 0.15) is 11.3 Å². The zero-order valence-electron chi connectivity index (χ0n) is 15.9. The van der Waals surface area contributed by atoms with Crippen molar-refractivity contribution in [3.8, 4) is 10.6 Å². The second-order valence-electron chi connectivity index (χ2n) is 6.73. The van der Waals surface area contributed by atoms with E-state index in [9.17, 15) is 4.79 Å². The molecule has 1 aromatic carbocycles. The Balaban J connectivity index is 1.59. The molecule has 2 heterocycles. The summed E-state index contributed by atoms with van der Waals surface area (Å²) in [5, 5.41) is 20.9. The first-order chi connectivity index (χ1) is 13.7. The van der Waals surface area contributed by atoms with Crippen molar-refractivity contribution in [2.45, 2.75) is 13.0 Å². The van der Waals surface area contributed by atoms with Crippen LogP contribution in [0, 0.1) is 0 Å². The summed E-state index contributed by atoms with van der Waals surface area (Å²) in [4.78, 5) is 20.8. The number of thiazole rings is 1.